The number of benzene rings is 1. The van der Waals surface area contributed by atoms with Crippen LogP contribution in [0.5, 0.6) is 5.75 Å². The van der Waals surface area contributed by atoms with Crippen molar-refractivity contribution in [3.63, 3.8) is 0 Å². The minimum atomic E-state index is 0.0381. The number of aryl methyl sites for hydroxylation is 1. The Bertz CT molecular complexity index is 680. The molecule has 0 spiro atoms. The summed E-state index contributed by atoms with van der Waals surface area (Å²) in [6.45, 7) is 7.03. The number of nitrogens with zero attached hydrogens (tertiary/aromatic N) is 2. The van der Waals surface area contributed by atoms with E-state index in [4.69, 9.17) is 9.72 Å². The Morgan fingerprint density at radius 1 is 1.33 bits per heavy atom. The van der Waals surface area contributed by atoms with Gasteiger partial charge in [0.15, 0.2) is 0 Å². The number of methoxy groups -OCH3 is 1. The SMILES string of the molecule is COc1ccc(-c2nc(CN(C)CC(=O)NC(C)C)sc2C)cc1. The molecular weight excluding hydrogens is 322 g/mol. The standard InChI is InChI=1S/C18H25N3O2S/c1-12(2)19-16(22)10-21(4)11-17-20-18(13(3)24-17)14-6-8-15(23-5)9-7-14/h6-9,12H,10-11H2,1-5H3,(H,19,22). The lowest BCUT2D eigenvalue weighted by molar-refractivity contribution is -0.122. The van der Waals surface area contributed by atoms with E-state index in [1.54, 1.807) is 18.4 Å². The second kappa shape index (κ2) is 8.26. The monoisotopic (exact) mass is 347 g/mol. The van der Waals surface area contributed by atoms with Crippen LogP contribution in [-0.4, -0.2) is 42.5 Å². The molecule has 0 unspecified atom stereocenters. The lowest BCUT2D eigenvalue weighted by atomic mass is 10.1. The zero-order valence-corrected chi connectivity index (χ0v) is 15.7. The molecule has 0 aliphatic rings. The third-order valence-electron chi connectivity index (χ3n) is 3.47. The highest BCUT2D eigenvalue weighted by Crippen LogP contribution is 2.29. The van der Waals surface area contributed by atoms with Gasteiger partial charge in [-0.15, -0.1) is 11.3 Å². The van der Waals surface area contributed by atoms with Crippen LogP contribution in [0.1, 0.15) is 23.7 Å². The molecule has 1 aromatic heterocycles. The third-order valence-corrected chi connectivity index (χ3v) is 4.43. The maximum Gasteiger partial charge on any atom is 0.234 e. The third kappa shape index (κ3) is 5.04. The topological polar surface area (TPSA) is 54.5 Å². The van der Waals surface area contributed by atoms with Gasteiger partial charge in [-0.1, -0.05) is 0 Å². The van der Waals surface area contributed by atoms with E-state index in [1.807, 2.05) is 50.1 Å². The van der Waals surface area contributed by atoms with Crippen LogP contribution in [0.2, 0.25) is 0 Å². The number of amides is 1. The first kappa shape index (κ1) is 18.4. The molecule has 1 amide bonds. The molecule has 0 aliphatic carbocycles. The highest BCUT2D eigenvalue weighted by atomic mass is 32.1. The molecule has 1 N–H and O–H groups in total. The van der Waals surface area contributed by atoms with Gasteiger partial charge in [-0.25, -0.2) is 4.98 Å². The normalized spacial score (nSPS) is 11.1. The van der Waals surface area contributed by atoms with E-state index >= 15 is 0 Å². The number of carbonyl (C=O) groups excluding carboxylic acids is 1. The van der Waals surface area contributed by atoms with Gasteiger partial charge in [0.25, 0.3) is 0 Å². The van der Waals surface area contributed by atoms with Gasteiger partial charge in [0.1, 0.15) is 10.8 Å². The molecule has 6 heteroatoms. The van der Waals surface area contributed by atoms with Crippen LogP contribution >= 0.6 is 11.3 Å². The summed E-state index contributed by atoms with van der Waals surface area (Å²) in [7, 11) is 3.59. The molecular formula is C18H25N3O2S. The summed E-state index contributed by atoms with van der Waals surface area (Å²) in [5.74, 6) is 0.874. The Kier molecular flexibility index (Phi) is 6.34. The van der Waals surface area contributed by atoms with E-state index in [0.717, 1.165) is 22.0 Å². The van der Waals surface area contributed by atoms with Crippen molar-refractivity contribution in [2.24, 2.45) is 0 Å². The van der Waals surface area contributed by atoms with E-state index in [9.17, 15) is 4.79 Å². The van der Waals surface area contributed by atoms with Crippen LogP contribution < -0.4 is 10.1 Å². The molecule has 1 aromatic carbocycles. The summed E-state index contributed by atoms with van der Waals surface area (Å²) >= 11 is 1.67. The van der Waals surface area contributed by atoms with Gasteiger partial charge in [0.05, 0.1) is 25.9 Å². The van der Waals surface area contributed by atoms with Crippen molar-refractivity contribution < 1.29 is 9.53 Å². The van der Waals surface area contributed by atoms with E-state index in [2.05, 4.69) is 12.2 Å². The lowest BCUT2D eigenvalue weighted by Gasteiger charge is -2.16. The van der Waals surface area contributed by atoms with Gasteiger partial charge < -0.3 is 10.1 Å². The Balaban J connectivity index is 2.03. The lowest BCUT2D eigenvalue weighted by Crippen LogP contribution is -2.38. The number of hydrogen-bond donors (Lipinski definition) is 1. The van der Waals surface area contributed by atoms with Crippen LogP contribution in [0.4, 0.5) is 0 Å². The fourth-order valence-electron chi connectivity index (χ4n) is 2.44. The Hall–Kier alpha value is -1.92. The predicted octanol–water partition coefficient (Wildman–Crippen LogP) is 3.08. The maximum atomic E-state index is 11.8. The van der Waals surface area contributed by atoms with Gasteiger partial charge in [-0.05, 0) is 52.1 Å². The molecule has 0 fully saturated rings. The molecule has 0 radical (unpaired) electrons. The molecule has 130 valence electrons. The molecule has 0 bridgehead atoms. The molecule has 24 heavy (non-hydrogen) atoms. The highest BCUT2D eigenvalue weighted by molar-refractivity contribution is 7.12. The number of aromatic nitrogens is 1. The van der Waals surface area contributed by atoms with Gasteiger partial charge in [-0.2, -0.15) is 0 Å². The van der Waals surface area contributed by atoms with Crippen molar-refractivity contribution >= 4 is 17.2 Å². The molecule has 1 heterocycles. The van der Waals surface area contributed by atoms with E-state index in [-0.39, 0.29) is 11.9 Å². The number of ether oxygens (including phenoxy) is 1. The van der Waals surface area contributed by atoms with Crippen molar-refractivity contribution in [2.75, 3.05) is 20.7 Å². The number of rotatable bonds is 7. The predicted molar refractivity (Wildman–Crippen MR) is 98.5 cm³/mol. The number of likely N-dealkylation sites (N-methyl/N-ethyl adjacent to an activating group) is 1. The summed E-state index contributed by atoms with van der Waals surface area (Å²) in [5.41, 5.74) is 2.08. The van der Waals surface area contributed by atoms with Crippen molar-refractivity contribution in [1.29, 1.82) is 0 Å². The molecule has 2 aromatic rings. The van der Waals surface area contributed by atoms with Gasteiger partial charge >= 0.3 is 0 Å². The van der Waals surface area contributed by atoms with Crippen LogP contribution in [0.15, 0.2) is 24.3 Å². The average Bonchev–Trinajstić information content (AvgIpc) is 2.86. The van der Waals surface area contributed by atoms with Gasteiger partial charge in [-0.3, -0.25) is 9.69 Å². The Morgan fingerprint density at radius 3 is 2.58 bits per heavy atom. The first-order chi connectivity index (χ1) is 11.4. The second-order valence-corrected chi connectivity index (χ2v) is 7.42. The smallest absolute Gasteiger partial charge is 0.234 e. The molecule has 5 nitrogen and oxygen atoms in total. The number of carbonyl (C=O) groups is 1. The van der Waals surface area contributed by atoms with Crippen LogP contribution in [0.25, 0.3) is 11.3 Å². The largest absolute Gasteiger partial charge is 0.497 e. The molecule has 0 aliphatic heterocycles. The summed E-state index contributed by atoms with van der Waals surface area (Å²) in [6.07, 6.45) is 0. The summed E-state index contributed by atoms with van der Waals surface area (Å²) in [4.78, 5) is 19.7. The van der Waals surface area contributed by atoms with Crippen molar-refractivity contribution in [3.8, 4) is 17.0 Å². The summed E-state index contributed by atoms with van der Waals surface area (Å²) in [5, 5.41) is 3.92. The van der Waals surface area contributed by atoms with Crippen LogP contribution in [0, 0.1) is 6.92 Å². The molecule has 0 saturated carbocycles. The number of nitrogens with one attached hydrogen (secondary N) is 1. The molecule has 0 atom stereocenters. The first-order valence-corrected chi connectivity index (χ1v) is 8.79. The van der Waals surface area contributed by atoms with Crippen LogP contribution in [-0.2, 0) is 11.3 Å². The number of hydrogen-bond acceptors (Lipinski definition) is 5. The molecule has 0 saturated heterocycles. The van der Waals surface area contributed by atoms with E-state index in [0.29, 0.717) is 13.1 Å². The summed E-state index contributed by atoms with van der Waals surface area (Å²) in [6, 6.07) is 8.08. The first-order valence-electron chi connectivity index (χ1n) is 7.97. The van der Waals surface area contributed by atoms with E-state index < -0.39 is 0 Å². The Morgan fingerprint density at radius 2 is 2.00 bits per heavy atom. The quantitative estimate of drug-likeness (QED) is 0.836. The van der Waals surface area contributed by atoms with Crippen LogP contribution in [0.3, 0.4) is 0 Å². The van der Waals surface area contributed by atoms with E-state index in [1.165, 1.54) is 4.88 Å². The minimum absolute atomic E-state index is 0.0381. The van der Waals surface area contributed by atoms with Crippen molar-refractivity contribution in [2.45, 2.75) is 33.4 Å². The zero-order chi connectivity index (χ0) is 17.7. The van der Waals surface area contributed by atoms with Gasteiger partial charge in [0, 0.05) is 16.5 Å². The van der Waals surface area contributed by atoms with Crippen molar-refractivity contribution in [1.82, 2.24) is 15.2 Å². The van der Waals surface area contributed by atoms with Crippen molar-refractivity contribution in [3.05, 3.63) is 34.2 Å². The maximum absolute atomic E-state index is 11.8. The highest BCUT2D eigenvalue weighted by Gasteiger charge is 2.13. The zero-order valence-electron chi connectivity index (χ0n) is 14.9. The minimum Gasteiger partial charge on any atom is -0.497 e. The Labute approximate surface area is 147 Å². The average molecular weight is 347 g/mol. The van der Waals surface area contributed by atoms with Gasteiger partial charge in [0.2, 0.25) is 5.91 Å². The second-order valence-electron chi connectivity index (χ2n) is 6.14. The fourth-order valence-corrected chi connectivity index (χ4v) is 3.47. The fraction of sp³-hybridized carbons (Fsp3) is 0.444. The molecule has 2 rings (SSSR count). The summed E-state index contributed by atoms with van der Waals surface area (Å²) < 4.78 is 5.20. The number of thiazole rings is 1.